The number of aromatic nitrogens is 2. The SMILES string of the molecule is CC1(C)CC1c1cnn(CCc2ccc(N)cc2)c1. The molecule has 1 unspecified atom stereocenters. The van der Waals surface area contributed by atoms with Crippen molar-refractivity contribution in [3.8, 4) is 0 Å². The van der Waals surface area contributed by atoms with Gasteiger partial charge >= 0.3 is 0 Å². The van der Waals surface area contributed by atoms with Crippen LogP contribution >= 0.6 is 0 Å². The van der Waals surface area contributed by atoms with E-state index in [1.165, 1.54) is 17.5 Å². The molecule has 1 aromatic heterocycles. The van der Waals surface area contributed by atoms with Gasteiger partial charge in [0.25, 0.3) is 0 Å². The molecule has 0 amide bonds. The van der Waals surface area contributed by atoms with Gasteiger partial charge in [-0.05, 0) is 47.4 Å². The topological polar surface area (TPSA) is 43.8 Å². The summed E-state index contributed by atoms with van der Waals surface area (Å²) in [6, 6.07) is 8.08. The second kappa shape index (κ2) is 4.41. The molecule has 2 aromatic rings. The molecule has 1 aliphatic rings. The molecule has 3 nitrogen and oxygen atoms in total. The van der Waals surface area contributed by atoms with Gasteiger partial charge in [-0.25, -0.2) is 0 Å². The van der Waals surface area contributed by atoms with Crippen LogP contribution in [0.1, 0.15) is 37.3 Å². The predicted octanol–water partition coefficient (Wildman–Crippen LogP) is 3.22. The van der Waals surface area contributed by atoms with Gasteiger partial charge in [0.1, 0.15) is 0 Å². The Morgan fingerprint density at radius 1 is 1.32 bits per heavy atom. The summed E-state index contributed by atoms with van der Waals surface area (Å²) in [5.74, 6) is 0.706. The van der Waals surface area contributed by atoms with Crippen molar-refractivity contribution >= 4 is 5.69 Å². The fraction of sp³-hybridized carbons (Fsp3) is 0.438. The Balaban J connectivity index is 1.60. The average molecular weight is 255 g/mol. The van der Waals surface area contributed by atoms with Gasteiger partial charge in [0, 0.05) is 18.4 Å². The number of benzene rings is 1. The van der Waals surface area contributed by atoms with E-state index >= 15 is 0 Å². The molecular formula is C16H21N3. The monoisotopic (exact) mass is 255 g/mol. The van der Waals surface area contributed by atoms with Crippen LogP contribution in [0.25, 0.3) is 0 Å². The zero-order valence-electron chi connectivity index (χ0n) is 11.6. The highest BCUT2D eigenvalue weighted by molar-refractivity contribution is 5.39. The van der Waals surface area contributed by atoms with Crippen LogP contribution in [0.3, 0.4) is 0 Å². The lowest BCUT2D eigenvalue weighted by atomic mass is 10.1. The molecule has 2 N–H and O–H groups in total. The van der Waals surface area contributed by atoms with Gasteiger partial charge in [0.05, 0.1) is 6.20 Å². The molecule has 1 aromatic carbocycles. The van der Waals surface area contributed by atoms with Gasteiger partial charge in [-0.3, -0.25) is 4.68 Å². The fourth-order valence-corrected chi connectivity index (χ4v) is 2.65. The maximum Gasteiger partial charge on any atom is 0.0524 e. The predicted molar refractivity (Wildman–Crippen MR) is 77.9 cm³/mol. The number of hydrogen-bond donors (Lipinski definition) is 1. The van der Waals surface area contributed by atoms with Gasteiger partial charge in [-0.1, -0.05) is 26.0 Å². The van der Waals surface area contributed by atoms with Crippen LogP contribution in [-0.4, -0.2) is 9.78 Å². The van der Waals surface area contributed by atoms with Crippen LogP contribution in [0.4, 0.5) is 5.69 Å². The lowest BCUT2D eigenvalue weighted by Crippen LogP contribution is -2.01. The van der Waals surface area contributed by atoms with Crippen LogP contribution in [0.5, 0.6) is 0 Å². The number of rotatable bonds is 4. The van der Waals surface area contributed by atoms with E-state index in [9.17, 15) is 0 Å². The summed E-state index contributed by atoms with van der Waals surface area (Å²) in [5.41, 5.74) is 9.68. The zero-order valence-corrected chi connectivity index (χ0v) is 11.6. The molecule has 0 bridgehead atoms. The van der Waals surface area contributed by atoms with Crippen molar-refractivity contribution in [1.82, 2.24) is 9.78 Å². The molecular weight excluding hydrogens is 234 g/mol. The maximum atomic E-state index is 5.69. The molecule has 19 heavy (non-hydrogen) atoms. The average Bonchev–Trinajstić information content (AvgIpc) is 2.83. The minimum Gasteiger partial charge on any atom is -0.399 e. The molecule has 1 atom stereocenters. The van der Waals surface area contributed by atoms with Crippen LogP contribution in [0.15, 0.2) is 36.7 Å². The maximum absolute atomic E-state index is 5.69. The Hall–Kier alpha value is -1.77. The second-order valence-electron chi connectivity index (χ2n) is 6.27. The van der Waals surface area contributed by atoms with Crippen LogP contribution in [-0.2, 0) is 13.0 Å². The normalized spacial score (nSPS) is 20.4. The third kappa shape index (κ3) is 2.65. The molecule has 0 aliphatic heterocycles. The van der Waals surface area contributed by atoms with E-state index in [1.807, 2.05) is 18.3 Å². The number of nitrogens with two attached hydrogens (primary N) is 1. The fourth-order valence-electron chi connectivity index (χ4n) is 2.65. The molecule has 0 saturated heterocycles. The van der Waals surface area contributed by atoms with Gasteiger partial charge in [0.15, 0.2) is 0 Å². The molecule has 0 radical (unpaired) electrons. The van der Waals surface area contributed by atoms with Crippen LogP contribution in [0, 0.1) is 5.41 Å². The molecule has 3 rings (SSSR count). The Morgan fingerprint density at radius 3 is 2.63 bits per heavy atom. The van der Waals surface area contributed by atoms with E-state index in [2.05, 4.69) is 42.0 Å². The van der Waals surface area contributed by atoms with E-state index in [1.54, 1.807) is 0 Å². The van der Waals surface area contributed by atoms with Crippen molar-refractivity contribution in [3.63, 3.8) is 0 Å². The summed E-state index contributed by atoms with van der Waals surface area (Å²) in [7, 11) is 0. The van der Waals surface area contributed by atoms with E-state index in [-0.39, 0.29) is 0 Å². The number of nitrogen functional groups attached to an aromatic ring is 1. The summed E-state index contributed by atoms with van der Waals surface area (Å²) in [5, 5.41) is 4.47. The highest BCUT2D eigenvalue weighted by atomic mass is 15.3. The molecule has 1 aliphatic carbocycles. The lowest BCUT2D eigenvalue weighted by molar-refractivity contribution is 0.609. The lowest BCUT2D eigenvalue weighted by Gasteiger charge is -2.03. The van der Waals surface area contributed by atoms with E-state index in [0.717, 1.165) is 18.7 Å². The van der Waals surface area contributed by atoms with Crippen molar-refractivity contribution < 1.29 is 0 Å². The summed E-state index contributed by atoms with van der Waals surface area (Å²) < 4.78 is 2.06. The molecule has 3 heteroatoms. The molecule has 100 valence electrons. The van der Waals surface area contributed by atoms with E-state index < -0.39 is 0 Å². The molecule has 0 spiro atoms. The number of hydrogen-bond acceptors (Lipinski definition) is 2. The third-order valence-electron chi connectivity index (χ3n) is 4.18. The molecule has 1 fully saturated rings. The van der Waals surface area contributed by atoms with Gasteiger partial charge in [-0.2, -0.15) is 5.10 Å². The Bertz CT molecular complexity index is 566. The van der Waals surface area contributed by atoms with Crippen molar-refractivity contribution in [1.29, 1.82) is 0 Å². The van der Waals surface area contributed by atoms with Crippen LogP contribution < -0.4 is 5.73 Å². The second-order valence-corrected chi connectivity index (χ2v) is 6.27. The van der Waals surface area contributed by atoms with Crippen molar-refractivity contribution in [2.45, 2.75) is 39.2 Å². The number of aryl methyl sites for hydroxylation is 2. The highest BCUT2D eigenvalue weighted by Gasteiger charge is 2.46. The van der Waals surface area contributed by atoms with Crippen LogP contribution in [0.2, 0.25) is 0 Å². The Labute approximate surface area is 114 Å². The summed E-state index contributed by atoms with van der Waals surface area (Å²) >= 11 is 0. The van der Waals surface area contributed by atoms with Gasteiger partial charge in [-0.15, -0.1) is 0 Å². The summed E-state index contributed by atoms with van der Waals surface area (Å²) in [6.45, 7) is 5.57. The summed E-state index contributed by atoms with van der Waals surface area (Å²) in [6.07, 6.45) is 6.52. The van der Waals surface area contributed by atoms with Gasteiger partial charge in [0.2, 0.25) is 0 Å². The van der Waals surface area contributed by atoms with Crippen molar-refractivity contribution in [2.75, 3.05) is 5.73 Å². The van der Waals surface area contributed by atoms with E-state index in [0.29, 0.717) is 11.3 Å². The van der Waals surface area contributed by atoms with Gasteiger partial charge < -0.3 is 5.73 Å². The zero-order chi connectivity index (χ0) is 13.5. The molecule has 1 saturated carbocycles. The smallest absolute Gasteiger partial charge is 0.0524 e. The van der Waals surface area contributed by atoms with Crippen molar-refractivity contribution in [3.05, 3.63) is 47.8 Å². The minimum absolute atomic E-state index is 0.477. The van der Waals surface area contributed by atoms with Crippen molar-refractivity contribution in [2.24, 2.45) is 5.41 Å². The first kappa shape index (κ1) is 12.3. The first-order valence-corrected chi connectivity index (χ1v) is 6.91. The third-order valence-corrected chi connectivity index (χ3v) is 4.18. The number of anilines is 1. The van der Waals surface area contributed by atoms with E-state index in [4.69, 9.17) is 5.73 Å². The first-order chi connectivity index (χ1) is 9.04. The summed E-state index contributed by atoms with van der Waals surface area (Å²) in [4.78, 5) is 0. The molecule has 1 heterocycles. The number of nitrogens with zero attached hydrogens (tertiary/aromatic N) is 2. The highest BCUT2D eigenvalue weighted by Crippen LogP contribution is 2.58. The largest absolute Gasteiger partial charge is 0.399 e. The first-order valence-electron chi connectivity index (χ1n) is 6.91. The Kier molecular flexibility index (Phi) is 2.85. The standard InChI is InChI=1S/C16H21N3/c1-16(2)9-15(16)13-10-18-19(11-13)8-7-12-3-5-14(17)6-4-12/h3-6,10-11,15H,7-9,17H2,1-2H3. The minimum atomic E-state index is 0.477. The quantitative estimate of drug-likeness (QED) is 0.852. The Morgan fingerprint density at radius 2 is 2.00 bits per heavy atom.